The number of tetrazole rings is 1. The van der Waals surface area contributed by atoms with Gasteiger partial charge in [0.05, 0.1) is 26.3 Å². The van der Waals surface area contributed by atoms with E-state index in [-0.39, 0.29) is 6.04 Å². The molecule has 0 saturated carbocycles. The number of rotatable bonds is 10. The van der Waals surface area contributed by atoms with Gasteiger partial charge in [-0.3, -0.25) is 0 Å². The van der Waals surface area contributed by atoms with Crippen molar-refractivity contribution in [3.05, 3.63) is 42.2 Å². The molecule has 2 heterocycles. The van der Waals surface area contributed by atoms with Crippen molar-refractivity contribution < 1.29 is 19.3 Å². The van der Waals surface area contributed by atoms with Gasteiger partial charge in [-0.05, 0) is 47.0 Å². The van der Waals surface area contributed by atoms with Gasteiger partial charge in [0.15, 0.2) is 6.04 Å². The summed E-state index contributed by atoms with van der Waals surface area (Å²) in [7, 11) is 3.41. The van der Waals surface area contributed by atoms with Crippen LogP contribution in [-0.2, 0) is 6.54 Å². The van der Waals surface area contributed by atoms with Crippen molar-refractivity contribution in [2.24, 2.45) is 5.92 Å². The Morgan fingerprint density at radius 1 is 1.17 bits per heavy atom. The molecule has 1 atom stereocenters. The first-order valence-electron chi connectivity index (χ1n) is 10.8. The molecule has 0 aliphatic carbocycles. The van der Waals surface area contributed by atoms with E-state index in [1.54, 1.807) is 19.1 Å². The van der Waals surface area contributed by atoms with Gasteiger partial charge < -0.3 is 19.3 Å². The van der Waals surface area contributed by atoms with Crippen LogP contribution in [0, 0.1) is 5.92 Å². The van der Waals surface area contributed by atoms with E-state index in [4.69, 9.17) is 9.47 Å². The van der Waals surface area contributed by atoms with E-state index in [0.29, 0.717) is 5.92 Å². The van der Waals surface area contributed by atoms with Crippen LogP contribution >= 0.6 is 0 Å². The zero-order valence-electron chi connectivity index (χ0n) is 18.7. The van der Waals surface area contributed by atoms with E-state index in [1.807, 2.05) is 22.9 Å². The van der Waals surface area contributed by atoms with Gasteiger partial charge in [0.2, 0.25) is 5.82 Å². The smallest absolute Gasteiger partial charge is 0.214 e. The average Bonchev–Trinajstić information content (AvgIpc) is 3.22. The highest BCUT2D eigenvalue weighted by atomic mass is 16.5. The molecule has 8 heteroatoms. The summed E-state index contributed by atoms with van der Waals surface area (Å²) in [6.07, 6.45) is 3.04. The molecule has 164 valence electrons. The molecule has 1 saturated heterocycles. The molecule has 1 aromatic heterocycles. The van der Waals surface area contributed by atoms with E-state index in [9.17, 15) is 0 Å². The number of nitrogens with zero attached hydrogens (tertiary/aromatic N) is 4. The number of quaternary nitrogens is 2. The van der Waals surface area contributed by atoms with Gasteiger partial charge in [0, 0.05) is 6.54 Å². The van der Waals surface area contributed by atoms with Gasteiger partial charge in [-0.25, -0.2) is 4.68 Å². The number of aromatic nitrogens is 4. The molecular weight excluding hydrogens is 380 g/mol. The van der Waals surface area contributed by atoms with E-state index < -0.39 is 0 Å². The lowest BCUT2D eigenvalue weighted by Gasteiger charge is -2.34. The number of aryl methyl sites for hydroxylation is 1. The van der Waals surface area contributed by atoms with Gasteiger partial charge in [-0.1, -0.05) is 20.4 Å². The number of methoxy groups -OCH3 is 2. The van der Waals surface area contributed by atoms with Gasteiger partial charge in [-0.2, -0.15) is 0 Å². The molecule has 0 bridgehead atoms. The first kappa shape index (κ1) is 22.2. The average molecular weight is 417 g/mol. The Balaban J connectivity index is 1.99. The van der Waals surface area contributed by atoms with E-state index >= 15 is 0 Å². The topological polar surface area (TPSA) is 70.9 Å². The van der Waals surface area contributed by atoms with Crippen molar-refractivity contribution in [3.8, 4) is 11.5 Å². The second-order valence-corrected chi connectivity index (χ2v) is 8.38. The third-order valence-electron chi connectivity index (χ3n) is 5.92. The minimum atomic E-state index is -0.0116. The summed E-state index contributed by atoms with van der Waals surface area (Å²) >= 11 is 0. The Morgan fingerprint density at radius 3 is 2.57 bits per heavy atom. The van der Waals surface area contributed by atoms with Crippen LogP contribution in [0.1, 0.15) is 37.7 Å². The van der Waals surface area contributed by atoms with Crippen molar-refractivity contribution in [1.29, 1.82) is 0 Å². The molecule has 8 nitrogen and oxygen atoms in total. The number of benzene rings is 1. The fourth-order valence-corrected chi connectivity index (χ4v) is 4.19. The quantitative estimate of drug-likeness (QED) is 0.525. The Labute approximate surface area is 179 Å². The summed E-state index contributed by atoms with van der Waals surface area (Å²) in [6.45, 7) is 14.4. The maximum absolute atomic E-state index is 5.75. The summed E-state index contributed by atoms with van der Waals surface area (Å²) in [5.74, 6) is 3.13. The van der Waals surface area contributed by atoms with Crippen LogP contribution in [0.3, 0.4) is 0 Å². The molecule has 0 radical (unpaired) electrons. The highest BCUT2D eigenvalue weighted by molar-refractivity contribution is 5.43. The van der Waals surface area contributed by atoms with Crippen LogP contribution in [0.15, 0.2) is 30.9 Å². The molecule has 1 aromatic carbocycles. The second kappa shape index (κ2) is 10.5. The Hall–Kier alpha value is -2.45. The third-order valence-corrected chi connectivity index (χ3v) is 5.92. The van der Waals surface area contributed by atoms with Crippen molar-refractivity contribution in [2.45, 2.75) is 32.9 Å². The highest BCUT2D eigenvalue weighted by Gasteiger charge is 2.37. The van der Waals surface area contributed by atoms with Gasteiger partial charge in [0.25, 0.3) is 0 Å². The molecule has 1 aliphatic rings. The number of piperazine rings is 1. The summed E-state index contributed by atoms with van der Waals surface area (Å²) in [5, 5.41) is 12.9. The number of nitrogens with one attached hydrogen (secondary N) is 2. The van der Waals surface area contributed by atoms with Crippen LogP contribution < -0.4 is 19.3 Å². The molecule has 0 amide bonds. The standard InChI is InChI=1S/C22H34N6O2/c1-6-10-26-12-14-27(15-13-26)21(19-16-18(29-4)7-8-20(19)30-5)22-23-24-25-28(22)11-9-17(2)3/h6-8,16-17,21H,1,9-15H2,2-5H3/p+2/t21-/m0/s1. The predicted octanol–water partition coefficient (Wildman–Crippen LogP) is -0.205. The van der Waals surface area contributed by atoms with Crippen LogP contribution in [0.5, 0.6) is 11.5 Å². The first-order chi connectivity index (χ1) is 14.6. The summed E-state index contributed by atoms with van der Waals surface area (Å²) in [5.41, 5.74) is 1.07. The Morgan fingerprint density at radius 2 is 1.93 bits per heavy atom. The minimum absolute atomic E-state index is 0.0116. The first-order valence-corrected chi connectivity index (χ1v) is 10.8. The monoisotopic (exact) mass is 416 g/mol. The van der Waals surface area contributed by atoms with E-state index in [2.05, 4.69) is 42.0 Å². The maximum Gasteiger partial charge on any atom is 0.214 e. The fraction of sp³-hybridized carbons (Fsp3) is 0.591. The molecule has 30 heavy (non-hydrogen) atoms. The van der Waals surface area contributed by atoms with Crippen LogP contribution in [0.25, 0.3) is 0 Å². The van der Waals surface area contributed by atoms with Crippen molar-refractivity contribution in [1.82, 2.24) is 20.2 Å². The summed E-state index contributed by atoms with van der Waals surface area (Å²) < 4.78 is 13.2. The Kier molecular flexibility index (Phi) is 7.81. The van der Waals surface area contributed by atoms with Gasteiger partial charge in [0.1, 0.15) is 37.7 Å². The van der Waals surface area contributed by atoms with Gasteiger partial charge in [-0.15, -0.1) is 5.10 Å². The fourth-order valence-electron chi connectivity index (χ4n) is 4.19. The molecule has 3 rings (SSSR count). The maximum atomic E-state index is 5.75. The molecular formula is C22H36N6O2+2. The second-order valence-electron chi connectivity index (χ2n) is 8.38. The van der Waals surface area contributed by atoms with Crippen molar-refractivity contribution in [3.63, 3.8) is 0 Å². The van der Waals surface area contributed by atoms with E-state index in [1.165, 1.54) is 4.90 Å². The zero-order valence-corrected chi connectivity index (χ0v) is 18.7. The normalized spacial score (nSPS) is 20.2. The molecule has 0 spiro atoms. The lowest BCUT2D eigenvalue weighted by atomic mass is 10.0. The number of hydrogen-bond acceptors (Lipinski definition) is 5. The lowest BCUT2D eigenvalue weighted by Crippen LogP contribution is -3.28. The lowest BCUT2D eigenvalue weighted by molar-refractivity contribution is -1.02. The van der Waals surface area contributed by atoms with Crippen LogP contribution in [-0.4, -0.2) is 67.2 Å². The molecule has 0 unspecified atom stereocenters. The zero-order chi connectivity index (χ0) is 21.5. The van der Waals surface area contributed by atoms with E-state index in [0.717, 1.165) is 68.6 Å². The van der Waals surface area contributed by atoms with Crippen LogP contribution in [0.4, 0.5) is 0 Å². The number of hydrogen-bond donors (Lipinski definition) is 2. The number of ether oxygens (including phenoxy) is 2. The van der Waals surface area contributed by atoms with Crippen LogP contribution in [0.2, 0.25) is 0 Å². The summed E-state index contributed by atoms with van der Waals surface area (Å²) in [4.78, 5) is 3.03. The third kappa shape index (κ3) is 5.17. The predicted molar refractivity (Wildman–Crippen MR) is 115 cm³/mol. The largest absolute Gasteiger partial charge is 0.497 e. The minimum Gasteiger partial charge on any atom is -0.497 e. The molecule has 1 aliphatic heterocycles. The Bertz CT molecular complexity index is 814. The molecule has 2 N–H and O–H groups in total. The molecule has 2 aromatic rings. The van der Waals surface area contributed by atoms with Crippen molar-refractivity contribution >= 4 is 0 Å². The summed E-state index contributed by atoms with van der Waals surface area (Å²) in [6, 6.07) is 5.97. The van der Waals surface area contributed by atoms with Gasteiger partial charge >= 0.3 is 0 Å². The highest BCUT2D eigenvalue weighted by Crippen LogP contribution is 2.31. The SMILES string of the molecule is C=CC[NH+]1CC[NH+]([C@@H](c2cc(OC)ccc2OC)c2nnnn2CCC(C)C)CC1. The van der Waals surface area contributed by atoms with Crippen molar-refractivity contribution in [2.75, 3.05) is 46.9 Å². The molecule has 1 fully saturated rings.